The number of rotatable bonds is 81. The number of hydrogen-bond acceptors (Lipinski definition) is 33. The number of nitrogens with zero attached hydrogens (tertiary/aromatic N) is 3. The summed E-state index contributed by atoms with van der Waals surface area (Å²) in [6.07, 6.45) is 0. The fraction of sp³-hybridized carbons (Fsp3) is 0.689. The smallest absolute Gasteiger partial charge is 0.311 e. The topological polar surface area (TPSA) is 384 Å². The number of benzene rings is 4. The van der Waals surface area contributed by atoms with Crippen LogP contribution in [0, 0.1) is 10.1 Å². The van der Waals surface area contributed by atoms with Gasteiger partial charge in [0.2, 0.25) is 0 Å². The fourth-order valence-corrected chi connectivity index (χ4v) is 12.2. The number of nitro benzene ring substituents is 1. The highest BCUT2D eigenvalue weighted by Gasteiger charge is 2.43. The van der Waals surface area contributed by atoms with E-state index in [1.807, 2.05) is 64.1 Å². The quantitative estimate of drug-likeness (QED) is 0.0141. The lowest BCUT2D eigenvalue weighted by Crippen LogP contribution is -2.31. The van der Waals surface area contributed by atoms with Gasteiger partial charge in [0.05, 0.1) is 348 Å². The Labute approximate surface area is 743 Å². The van der Waals surface area contributed by atoms with Crippen LogP contribution in [-0.4, -0.2) is 360 Å². The van der Waals surface area contributed by atoms with Crippen LogP contribution in [0.2, 0.25) is 0 Å². The first-order chi connectivity index (χ1) is 61.5. The molecule has 4 amide bonds. The van der Waals surface area contributed by atoms with E-state index in [2.05, 4.69) is 27.7 Å². The first kappa shape index (κ1) is 110. The Kier molecular flexibility index (Phi) is 60.8. The van der Waals surface area contributed by atoms with Gasteiger partial charge in [-0.25, -0.2) is 9.80 Å². The van der Waals surface area contributed by atoms with E-state index in [0.717, 1.165) is 33.2 Å². The van der Waals surface area contributed by atoms with Gasteiger partial charge in [0.1, 0.15) is 19.0 Å². The van der Waals surface area contributed by atoms with Crippen molar-refractivity contribution in [3.8, 4) is 11.5 Å². The van der Waals surface area contributed by atoms with Crippen LogP contribution in [-0.2, 0) is 114 Å². The summed E-state index contributed by atoms with van der Waals surface area (Å²) in [6.45, 7) is 37.6. The van der Waals surface area contributed by atoms with E-state index in [4.69, 9.17) is 129 Å². The number of para-hydroxylation sites is 2. The zero-order valence-electron chi connectivity index (χ0n) is 76.0. The Bertz CT molecular complexity index is 3520. The van der Waals surface area contributed by atoms with Crippen LogP contribution in [0.1, 0.15) is 143 Å². The van der Waals surface area contributed by atoms with Gasteiger partial charge in [-0.05, 0) is 58.1 Å². The van der Waals surface area contributed by atoms with Gasteiger partial charge in [-0.2, -0.15) is 0 Å². The van der Waals surface area contributed by atoms with Crippen LogP contribution >= 0.6 is 0 Å². The van der Waals surface area contributed by atoms with E-state index in [-0.39, 0.29) is 95.6 Å². The number of methoxy groups -OCH3 is 2. The van der Waals surface area contributed by atoms with Gasteiger partial charge in [-0.3, -0.25) is 29.3 Å². The van der Waals surface area contributed by atoms with E-state index in [1.54, 1.807) is 20.3 Å². The lowest BCUT2D eigenvalue weighted by molar-refractivity contribution is -0.385. The van der Waals surface area contributed by atoms with E-state index in [9.17, 15) is 29.3 Å². The Hall–Kier alpha value is -7.00. The average molecular weight is 1790 g/mol. The molecule has 0 saturated carbocycles. The van der Waals surface area contributed by atoms with Crippen molar-refractivity contribution in [2.45, 2.75) is 79.1 Å². The Morgan fingerprint density at radius 1 is 0.270 bits per heavy atom. The Morgan fingerprint density at radius 3 is 0.643 bits per heavy atom. The zero-order chi connectivity index (χ0) is 90.8. The summed E-state index contributed by atoms with van der Waals surface area (Å²) >= 11 is 0. The van der Waals surface area contributed by atoms with E-state index in [1.165, 1.54) is 17.0 Å². The van der Waals surface area contributed by atoms with Crippen molar-refractivity contribution in [3.05, 3.63) is 115 Å². The van der Waals surface area contributed by atoms with Gasteiger partial charge in [0.25, 0.3) is 23.6 Å². The third kappa shape index (κ3) is 44.1. The number of carbonyl (C=O) groups excluding carboxylic acids is 4. The minimum atomic E-state index is -0.628. The number of nitrogen functional groups attached to an aromatic ring is 1. The standard InChI is InChI=1S/C45H70N2O17.C45H72N2O15/c1-35(2)37-7-6-8-38(36(3)4)43(37)46-44(48)39-33-41(47(50)51)42(34-40(39)45(46)49)64-32-31-63-30-29-62-28-27-61-26-25-60-24-23-59-22-21-58-20-19-57-18-17-56-16-15-55-14-13-54-12-11-53-10-9-52-5;1-35(2)37-7-6-8-38(36(3)4)43(37)47-44(48)39-33-41(46)42(34-40(39)45(47)49)62-32-31-61-30-29-60-28-27-59-26-25-58-24-23-57-22-21-56-20-19-55-18-17-54-16-15-53-14-13-52-12-11-51-10-9-50-5/h6-8,33-36H,9-32H2,1-5H3;6-8,33-36H,9-32,46H2,1-5H3. The molecule has 0 bridgehead atoms. The van der Waals surface area contributed by atoms with Crippen molar-refractivity contribution in [2.24, 2.45) is 0 Å². The number of anilines is 3. The molecule has 2 N–H and O–H groups in total. The summed E-state index contributed by atoms with van der Waals surface area (Å²) in [5, 5.41) is 12.0. The number of imide groups is 2. The van der Waals surface area contributed by atoms with Crippen LogP contribution in [0.25, 0.3) is 0 Å². The van der Waals surface area contributed by atoms with Gasteiger partial charge in [0.15, 0.2) is 5.75 Å². The maximum atomic E-state index is 13.7. The molecule has 0 aromatic heterocycles. The zero-order valence-corrected chi connectivity index (χ0v) is 76.0. The molecule has 36 nitrogen and oxygen atoms in total. The van der Waals surface area contributed by atoms with Crippen LogP contribution < -0.4 is 25.0 Å². The molecule has 0 radical (unpaired) electrons. The highest BCUT2D eigenvalue weighted by atomic mass is 16.6. The summed E-state index contributed by atoms with van der Waals surface area (Å²) in [6, 6.07) is 17.1. The van der Waals surface area contributed by atoms with Crippen molar-refractivity contribution in [1.29, 1.82) is 0 Å². The second-order valence-electron chi connectivity index (χ2n) is 29.3. The number of carbonyl (C=O) groups is 4. The normalized spacial score (nSPS) is 12.7. The largest absolute Gasteiger partial charge is 0.489 e. The third-order valence-electron chi connectivity index (χ3n) is 18.6. The lowest BCUT2D eigenvalue weighted by Gasteiger charge is -2.25. The molecule has 0 atom stereocenters. The van der Waals surface area contributed by atoms with Crippen molar-refractivity contribution in [1.82, 2.24) is 0 Å². The first-order valence-electron chi connectivity index (χ1n) is 43.7. The highest BCUT2D eigenvalue weighted by molar-refractivity contribution is 6.36. The molecule has 126 heavy (non-hydrogen) atoms. The van der Waals surface area contributed by atoms with Crippen LogP contribution in [0.4, 0.5) is 22.7 Å². The van der Waals surface area contributed by atoms with Gasteiger partial charge in [-0.1, -0.05) is 91.8 Å². The molecular weight excluding hydrogens is 1650 g/mol. The summed E-state index contributed by atoms with van der Waals surface area (Å²) < 4.78 is 142. The second kappa shape index (κ2) is 69.9. The third-order valence-corrected chi connectivity index (χ3v) is 18.6. The van der Waals surface area contributed by atoms with Gasteiger partial charge in [-0.15, -0.1) is 0 Å². The van der Waals surface area contributed by atoms with Crippen molar-refractivity contribution in [2.75, 3.05) is 347 Å². The van der Waals surface area contributed by atoms with Crippen LogP contribution in [0.5, 0.6) is 11.5 Å². The van der Waals surface area contributed by atoms with E-state index >= 15 is 0 Å². The highest BCUT2D eigenvalue weighted by Crippen LogP contribution is 2.44. The molecule has 0 spiro atoms. The fourth-order valence-electron chi connectivity index (χ4n) is 12.2. The molecule has 36 heteroatoms. The Balaban J connectivity index is 0.000000447. The van der Waals surface area contributed by atoms with Crippen LogP contribution in [0.3, 0.4) is 0 Å². The molecule has 2 heterocycles. The monoisotopic (exact) mass is 1790 g/mol. The van der Waals surface area contributed by atoms with Crippen molar-refractivity contribution < 1.29 is 147 Å². The maximum absolute atomic E-state index is 13.7. The molecule has 6 rings (SSSR count). The van der Waals surface area contributed by atoms with Gasteiger partial charge in [0, 0.05) is 26.4 Å². The molecule has 2 aliphatic heterocycles. The van der Waals surface area contributed by atoms with E-state index < -0.39 is 22.4 Å². The minimum absolute atomic E-state index is 0.0156. The second-order valence-corrected chi connectivity index (χ2v) is 29.3. The number of fused-ring (bicyclic) bond motifs is 2. The molecule has 0 fully saturated rings. The molecule has 0 unspecified atom stereocenters. The predicted octanol–water partition coefficient (Wildman–Crippen LogP) is 9.37. The predicted molar refractivity (Wildman–Crippen MR) is 468 cm³/mol. The molecule has 0 aliphatic carbocycles. The maximum Gasteiger partial charge on any atom is 0.311 e. The number of ether oxygens (including phenoxy) is 26. The molecular formula is C90H142N4O32. The summed E-state index contributed by atoms with van der Waals surface area (Å²) in [7, 11) is 3.28. The lowest BCUT2D eigenvalue weighted by atomic mass is 9.92. The van der Waals surface area contributed by atoms with Gasteiger partial charge >= 0.3 is 5.69 Å². The van der Waals surface area contributed by atoms with Gasteiger partial charge < -0.3 is 129 Å². The summed E-state index contributed by atoms with van der Waals surface area (Å²) in [5.74, 6) is -1.40. The Morgan fingerprint density at radius 2 is 0.444 bits per heavy atom. The number of nitro groups is 1. The molecule has 4 aromatic carbocycles. The number of nitrogens with two attached hydrogens (primary N) is 1. The summed E-state index contributed by atoms with van der Waals surface area (Å²) in [4.78, 5) is 68.4. The molecule has 0 saturated heterocycles. The molecule has 2 aliphatic rings. The van der Waals surface area contributed by atoms with E-state index in [0.29, 0.717) is 308 Å². The SMILES string of the molecule is COCCOCCOCCOCCOCCOCCOCCOCCOCCOCCOCCOCCOc1cc2c(cc1N)C(=O)N(c1c(C(C)C)cccc1C(C)C)C2=O.COCCOCCOCCOCCOCCOCCOCCOCCOCCOCCOCCOCCOc1cc2c(cc1[N+](=O)[O-])C(=O)N(c1c(C(C)C)cccc1C(C)C)C2=O. The first-order valence-corrected chi connectivity index (χ1v) is 43.7. The molecule has 4 aromatic rings. The average Bonchev–Trinajstić information content (AvgIpc) is 1.60. The van der Waals surface area contributed by atoms with Crippen molar-refractivity contribution >= 4 is 46.4 Å². The number of amides is 4. The molecule has 714 valence electrons. The van der Waals surface area contributed by atoms with Crippen LogP contribution in [0.15, 0.2) is 60.7 Å². The minimum Gasteiger partial charge on any atom is -0.489 e. The number of hydrogen-bond donors (Lipinski definition) is 1. The van der Waals surface area contributed by atoms with Crippen molar-refractivity contribution in [3.63, 3.8) is 0 Å². The summed E-state index contributed by atoms with van der Waals surface area (Å²) in [5.41, 5.74) is 11.5.